The van der Waals surface area contributed by atoms with Gasteiger partial charge in [0.2, 0.25) is 0 Å². The molecular formula is C16H19N3O2. The van der Waals surface area contributed by atoms with E-state index in [2.05, 4.69) is 9.97 Å². The Labute approximate surface area is 124 Å². The first-order valence-electron chi connectivity index (χ1n) is 6.74. The van der Waals surface area contributed by atoms with Gasteiger partial charge in [-0.2, -0.15) is 0 Å². The topological polar surface area (TPSA) is 66.3 Å². The lowest BCUT2D eigenvalue weighted by molar-refractivity contribution is -0.143. The number of hydrogen-bond donors (Lipinski definition) is 1. The van der Waals surface area contributed by atoms with Crippen molar-refractivity contribution in [2.45, 2.75) is 26.4 Å². The summed E-state index contributed by atoms with van der Waals surface area (Å²) in [5, 5.41) is 9.61. The van der Waals surface area contributed by atoms with Crippen molar-refractivity contribution in [3.05, 3.63) is 59.2 Å². The number of carboxylic acid groups (broad SMARTS) is 1. The zero-order valence-corrected chi connectivity index (χ0v) is 12.4. The number of benzene rings is 1. The van der Waals surface area contributed by atoms with E-state index in [9.17, 15) is 9.90 Å². The molecule has 0 spiro atoms. The number of carbonyl (C=O) groups is 1. The SMILES string of the molecule is Cc1cccc(C(C(=O)O)N(C)Cc2cnccn2)c1C. The van der Waals surface area contributed by atoms with Crippen LogP contribution < -0.4 is 0 Å². The average Bonchev–Trinajstić information content (AvgIpc) is 2.44. The van der Waals surface area contributed by atoms with Gasteiger partial charge in [-0.1, -0.05) is 18.2 Å². The molecule has 1 N–H and O–H groups in total. The van der Waals surface area contributed by atoms with E-state index < -0.39 is 12.0 Å². The Morgan fingerprint density at radius 3 is 2.71 bits per heavy atom. The smallest absolute Gasteiger partial charge is 0.325 e. The molecule has 110 valence electrons. The standard InChI is InChI=1S/C16H19N3O2/c1-11-5-4-6-14(12(11)2)15(16(20)21)19(3)10-13-9-17-7-8-18-13/h4-9,15H,10H2,1-3H3,(H,20,21). The normalized spacial score (nSPS) is 12.4. The van der Waals surface area contributed by atoms with Gasteiger partial charge in [-0.05, 0) is 37.6 Å². The zero-order chi connectivity index (χ0) is 15.4. The van der Waals surface area contributed by atoms with Crippen molar-refractivity contribution in [2.75, 3.05) is 7.05 Å². The van der Waals surface area contributed by atoms with Gasteiger partial charge in [-0.3, -0.25) is 19.7 Å². The van der Waals surface area contributed by atoms with Gasteiger partial charge in [0.05, 0.1) is 5.69 Å². The van der Waals surface area contributed by atoms with Crippen molar-refractivity contribution in [1.82, 2.24) is 14.9 Å². The number of likely N-dealkylation sites (N-methyl/N-ethyl adjacent to an activating group) is 1. The quantitative estimate of drug-likeness (QED) is 0.913. The minimum Gasteiger partial charge on any atom is -0.480 e. The highest BCUT2D eigenvalue weighted by atomic mass is 16.4. The number of rotatable bonds is 5. The lowest BCUT2D eigenvalue weighted by atomic mass is 9.96. The predicted octanol–water partition coefficient (Wildman–Crippen LogP) is 2.35. The molecule has 1 aromatic carbocycles. The maximum Gasteiger partial charge on any atom is 0.325 e. The highest BCUT2D eigenvalue weighted by molar-refractivity contribution is 5.76. The molecule has 0 bridgehead atoms. The molecule has 0 aliphatic carbocycles. The van der Waals surface area contributed by atoms with Crippen LogP contribution in [0.1, 0.15) is 28.4 Å². The third kappa shape index (κ3) is 3.44. The predicted molar refractivity (Wildman–Crippen MR) is 79.8 cm³/mol. The molecule has 1 unspecified atom stereocenters. The van der Waals surface area contributed by atoms with Gasteiger partial charge < -0.3 is 5.11 Å². The second-order valence-electron chi connectivity index (χ2n) is 5.14. The number of carboxylic acids is 1. The third-order valence-corrected chi connectivity index (χ3v) is 3.64. The van der Waals surface area contributed by atoms with Gasteiger partial charge in [0.15, 0.2) is 0 Å². The van der Waals surface area contributed by atoms with Crippen molar-refractivity contribution in [3.63, 3.8) is 0 Å². The number of aromatic nitrogens is 2. The van der Waals surface area contributed by atoms with Crippen LogP contribution in [0.5, 0.6) is 0 Å². The Morgan fingerprint density at radius 1 is 1.33 bits per heavy atom. The second kappa shape index (κ2) is 6.45. The molecule has 0 aliphatic heterocycles. The Kier molecular flexibility index (Phi) is 4.65. The summed E-state index contributed by atoms with van der Waals surface area (Å²) in [5.41, 5.74) is 3.66. The number of hydrogen-bond acceptors (Lipinski definition) is 4. The first-order chi connectivity index (χ1) is 10.0. The maximum absolute atomic E-state index is 11.7. The van der Waals surface area contributed by atoms with Gasteiger partial charge in [-0.15, -0.1) is 0 Å². The van der Waals surface area contributed by atoms with Crippen LogP contribution in [0.2, 0.25) is 0 Å². The Bertz CT molecular complexity index is 629. The molecule has 0 aliphatic rings. The summed E-state index contributed by atoms with van der Waals surface area (Å²) < 4.78 is 0. The molecule has 1 aromatic heterocycles. The highest BCUT2D eigenvalue weighted by Gasteiger charge is 2.26. The fourth-order valence-corrected chi connectivity index (χ4v) is 2.39. The van der Waals surface area contributed by atoms with Gasteiger partial charge in [0.25, 0.3) is 0 Å². The summed E-state index contributed by atoms with van der Waals surface area (Å²) in [6.45, 7) is 4.37. The zero-order valence-electron chi connectivity index (χ0n) is 12.4. The summed E-state index contributed by atoms with van der Waals surface area (Å²) in [6, 6.07) is 5.05. The molecule has 0 saturated heterocycles. The molecule has 0 amide bonds. The van der Waals surface area contributed by atoms with Gasteiger partial charge in [0, 0.05) is 25.1 Å². The van der Waals surface area contributed by atoms with Crippen LogP contribution >= 0.6 is 0 Å². The van der Waals surface area contributed by atoms with Crippen molar-refractivity contribution < 1.29 is 9.90 Å². The summed E-state index contributed by atoms with van der Waals surface area (Å²) in [7, 11) is 1.79. The van der Waals surface area contributed by atoms with Gasteiger partial charge in [-0.25, -0.2) is 0 Å². The van der Waals surface area contributed by atoms with E-state index in [1.165, 1.54) is 0 Å². The number of nitrogens with zero attached hydrogens (tertiary/aromatic N) is 3. The van der Waals surface area contributed by atoms with E-state index in [1.807, 2.05) is 32.0 Å². The molecule has 1 atom stereocenters. The molecule has 2 aromatic rings. The van der Waals surface area contributed by atoms with Gasteiger partial charge >= 0.3 is 5.97 Å². The highest BCUT2D eigenvalue weighted by Crippen LogP contribution is 2.26. The largest absolute Gasteiger partial charge is 0.480 e. The molecule has 21 heavy (non-hydrogen) atoms. The van der Waals surface area contributed by atoms with Crippen LogP contribution in [-0.4, -0.2) is 33.0 Å². The second-order valence-corrected chi connectivity index (χ2v) is 5.14. The molecule has 2 rings (SSSR count). The molecule has 1 heterocycles. The number of aryl methyl sites for hydroxylation is 1. The van der Waals surface area contributed by atoms with Crippen LogP contribution in [0.25, 0.3) is 0 Å². The molecule has 5 heteroatoms. The van der Waals surface area contributed by atoms with Crippen molar-refractivity contribution in [2.24, 2.45) is 0 Å². The molecule has 0 saturated carbocycles. The van der Waals surface area contributed by atoms with Crippen LogP contribution in [0.15, 0.2) is 36.8 Å². The summed E-state index contributed by atoms with van der Waals surface area (Å²) in [6.07, 6.45) is 4.86. The van der Waals surface area contributed by atoms with Crippen LogP contribution in [0.4, 0.5) is 0 Å². The first kappa shape index (κ1) is 15.1. The Morgan fingerprint density at radius 2 is 2.10 bits per heavy atom. The summed E-state index contributed by atoms with van der Waals surface area (Å²) >= 11 is 0. The maximum atomic E-state index is 11.7. The van der Waals surface area contributed by atoms with Crippen molar-refractivity contribution in [1.29, 1.82) is 0 Å². The lowest BCUT2D eigenvalue weighted by Crippen LogP contribution is -2.31. The van der Waals surface area contributed by atoms with E-state index in [0.717, 1.165) is 22.4 Å². The fraction of sp³-hybridized carbons (Fsp3) is 0.312. The van der Waals surface area contributed by atoms with E-state index >= 15 is 0 Å². The third-order valence-electron chi connectivity index (χ3n) is 3.64. The van der Waals surface area contributed by atoms with E-state index in [1.54, 1.807) is 30.5 Å². The van der Waals surface area contributed by atoms with Crippen molar-refractivity contribution >= 4 is 5.97 Å². The van der Waals surface area contributed by atoms with E-state index in [4.69, 9.17) is 0 Å². The number of aliphatic carboxylic acids is 1. The van der Waals surface area contributed by atoms with Crippen molar-refractivity contribution in [3.8, 4) is 0 Å². The van der Waals surface area contributed by atoms with Crippen LogP contribution in [0.3, 0.4) is 0 Å². The molecule has 0 radical (unpaired) electrons. The van der Waals surface area contributed by atoms with Crippen LogP contribution in [0, 0.1) is 13.8 Å². The Hall–Kier alpha value is -2.27. The Balaban J connectivity index is 2.31. The first-order valence-corrected chi connectivity index (χ1v) is 6.74. The minimum atomic E-state index is -0.866. The fourth-order valence-electron chi connectivity index (χ4n) is 2.39. The van der Waals surface area contributed by atoms with Gasteiger partial charge in [0.1, 0.15) is 6.04 Å². The average molecular weight is 285 g/mol. The van der Waals surface area contributed by atoms with E-state index in [0.29, 0.717) is 6.54 Å². The molecule has 0 fully saturated rings. The monoisotopic (exact) mass is 285 g/mol. The van der Waals surface area contributed by atoms with E-state index in [-0.39, 0.29) is 0 Å². The summed E-state index contributed by atoms with van der Waals surface area (Å²) in [5.74, 6) is -0.866. The summed E-state index contributed by atoms with van der Waals surface area (Å²) in [4.78, 5) is 21.7. The minimum absolute atomic E-state index is 0.429. The lowest BCUT2D eigenvalue weighted by Gasteiger charge is -2.26. The molecule has 5 nitrogen and oxygen atoms in total. The molecular weight excluding hydrogens is 266 g/mol. The van der Waals surface area contributed by atoms with Crippen LogP contribution in [-0.2, 0) is 11.3 Å².